The molecule has 0 fully saturated rings. The predicted octanol–water partition coefficient (Wildman–Crippen LogP) is 0.797. The third-order valence-corrected chi connectivity index (χ3v) is 2.50. The molecule has 0 aliphatic rings. The number of hydrogen-bond acceptors (Lipinski definition) is 0. The van der Waals surface area contributed by atoms with Gasteiger partial charge in [0.05, 0.1) is 0 Å². The van der Waals surface area contributed by atoms with Crippen molar-refractivity contribution in [3.05, 3.63) is 60.7 Å². The average Bonchev–Trinajstić information content (AvgIpc) is 2.26. The molecule has 0 aromatic heterocycles. The van der Waals surface area contributed by atoms with E-state index in [1.807, 2.05) is 12.1 Å². The van der Waals surface area contributed by atoms with E-state index in [0.29, 0.717) is 0 Å². The molecule has 0 bridgehead atoms. The van der Waals surface area contributed by atoms with Crippen molar-refractivity contribution in [1.82, 2.24) is 0 Å². The zero-order chi connectivity index (χ0) is 9.38. The Balaban J connectivity index is 0.000000853. The molecule has 0 saturated carbocycles. The molecule has 0 amide bonds. The summed E-state index contributed by atoms with van der Waals surface area (Å²) in [5, 5.41) is 4.88. The Hall–Kier alpha value is -0.820. The van der Waals surface area contributed by atoms with Crippen LogP contribution in [-0.4, -0.2) is 0 Å². The van der Waals surface area contributed by atoms with Gasteiger partial charge in [-0.15, -0.1) is 35.0 Å². The van der Waals surface area contributed by atoms with Gasteiger partial charge in [-0.1, -0.05) is 47.2 Å². The molecule has 0 unspecified atom stereocenters. The van der Waals surface area contributed by atoms with E-state index < -0.39 is 0 Å². The molecule has 0 heterocycles. The van der Waals surface area contributed by atoms with E-state index in [-0.39, 0.29) is 29.6 Å². The third-order valence-electron chi connectivity index (χ3n) is 2.50. The Labute approximate surface area is 111 Å². The van der Waals surface area contributed by atoms with E-state index in [0.717, 1.165) is 0 Å². The summed E-state index contributed by atoms with van der Waals surface area (Å²) in [6, 6.07) is 22.3. The first-order valence-electron chi connectivity index (χ1n) is 4.73. The Morgan fingerprint density at radius 3 is 1.67 bits per heavy atom. The quantitative estimate of drug-likeness (QED) is 0.286. The Morgan fingerprint density at radius 1 is 0.667 bits per heavy atom. The van der Waals surface area contributed by atoms with Gasteiger partial charge in [-0.05, 0) is 0 Å². The van der Waals surface area contributed by atoms with Gasteiger partial charge in [-0.25, -0.2) is 0 Å². The summed E-state index contributed by atoms with van der Waals surface area (Å²) in [6.45, 7) is 0. The predicted molar refractivity (Wildman–Crippen MR) is 60.3 cm³/mol. The molecule has 0 N–H and O–H groups in total. The van der Waals surface area contributed by atoms with Gasteiger partial charge in [0.1, 0.15) is 0 Å². The van der Waals surface area contributed by atoms with Crippen molar-refractivity contribution in [2.45, 2.75) is 0 Å². The molecule has 0 radical (unpaired) electrons. The van der Waals surface area contributed by atoms with Crippen LogP contribution in [-0.2, 0) is 0 Å². The molecule has 3 aromatic rings. The van der Waals surface area contributed by atoms with Crippen LogP contribution in [0.25, 0.3) is 21.5 Å². The van der Waals surface area contributed by atoms with Crippen molar-refractivity contribution in [3.8, 4) is 0 Å². The zero-order valence-corrected chi connectivity index (χ0v) is 10.7. The minimum absolute atomic E-state index is 0. The van der Waals surface area contributed by atoms with Crippen LogP contribution >= 0.6 is 0 Å². The minimum Gasteiger partial charge on any atom is -0.118 e. The van der Waals surface area contributed by atoms with Gasteiger partial charge in [0, 0.05) is 0 Å². The second-order valence-electron chi connectivity index (χ2n) is 3.44. The molecule has 1 heteroatoms. The monoisotopic (exact) mass is 200 g/mol. The fourth-order valence-electron chi connectivity index (χ4n) is 1.79. The molecule has 15 heavy (non-hydrogen) atoms. The molecule has 3 rings (SSSR count). The largest absolute Gasteiger partial charge is 1.00 e. The van der Waals surface area contributed by atoms with Crippen molar-refractivity contribution in [1.29, 1.82) is 0 Å². The van der Waals surface area contributed by atoms with E-state index in [1.54, 1.807) is 0 Å². The molecule has 3 aromatic carbocycles. The third kappa shape index (κ3) is 1.93. The Bertz CT molecular complexity index is 494. The van der Waals surface area contributed by atoms with Gasteiger partial charge < -0.3 is 0 Å². The zero-order valence-electron chi connectivity index (χ0n) is 8.70. The topological polar surface area (TPSA) is 0 Å². The van der Waals surface area contributed by atoms with Crippen LogP contribution in [0.15, 0.2) is 54.6 Å². The molecule has 0 saturated heterocycles. The van der Waals surface area contributed by atoms with Crippen LogP contribution in [0.3, 0.4) is 0 Å². The number of fused-ring (bicyclic) bond motifs is 2. The smallest absolute Gasteiger partial charge is 0.118 e. The molecule has 0 spiro atoms. The number of hydrogen-bond donors (Lipinski definition) is 0. The normalized spacial score (nSPS) is 10.1. The van der Waals surface area contributed by atoms with Crippen LogP contribution < -0.4 is 29.6 Å². The summed E-state index contributed by atoms with van der Waals surface area (Å²) in [5.41, 5.74) is 0. The van der Waals surface area contributed by atoms with Gasteiger partial charge >= 0.3 is 29.6 Å². The van der Waals surface area contributed by atoms with E-state index >= 15 is 0 Å². The molecule has 66 valence electrons. The molecular weight excluding hydrogens is 191 g/mol. The second-order valence-corrected chi connectivity index (χ2v) is 3.44. The van der Waals surface area contributed by atoms with E-state index in [4.69, 9.17) is 0 Å². The summed E-state index contributed by atoms with van der Waals surface area (Å²) in [4.78, 5) is 0. The van der Waals surface area contributed by atoms with E-state index in [9.17, 15) is 0 Å². The van der Waals surface area contributed by atoms with E-state index in [1.165, 1.54) is 21.5 Å². The van der Waals surface area contributed by atoms with Crippen LogP contribution in [0.4, 0.5) is 0 Å². The maximum absolute atomic E-state index is 3.41. The van der Waals surface area contributed by atoms with Gasteiger partial charge in [0.15, 0.2) is 0 Å². The van der Waals surface area contributed by atoms with Crippen molar-refractivity contribution < 1.29 is 29.6 Å². The van der Waals surface area contributed by atoms with Crippen molar-refractivity contribution in [2.24, 2.45) is 0 Å². The average molecular weight is 200 g/mol. The maximum Gasteiger partial charge on any atom is 1.00 e. The molecule has 0 atom stereocenters. The Kier molecular flexibility index (Phi) is 3.11. The second kappa shape index (κ2) is 4.36. The fourth-order valence-corrected chi connectivity index (χ4v) is 1.79. The molecule has 0 nitrogen and oxygen atoms in total. The first-order valence-corrected chi connectivity index (χ1v) is 4.73. The van der Waals surface area contributed by atoms with Crippen molar-refractivity contribution in [2.75, 3.05) is 0 Å². The molecular formula is C14H9Na. The summed E-state index contributed by atoms with van der Waals surface area (Å²) in [5.74, 6) is 0. The van der Waals surface area contributed by atoms with Gasteiger partial charge in [0.25, 0.3) is 0 Å². The van der Waals surface area contributed by atoms with Crippen LogP contribution in [0.2, 0.25) is 0 Å². The number of benzene rings is 3. The van der Waals surface area contributed by atoms with Crippen molar-refractivity contribution >= 4 is 21.5 Å². The van der Waals surface area contributed by atoms with Crippen LogP contribution in [0.5, 0.6) is 0 Å². The summed E-state index contributed by atoms with van der Waals surface area (Å²) < 4.78 is 0. The van der Waals surface area contributed by atoms with E-state index in [2.05, 4.69) is 48.5 Å². The van der Waals surface area contributed by atoms with Gasteiger partial charge in [-0.3, -0.25) is 0 Å². The van der Waals surface area contributed by atoms with Gasteiger partial charge in [-0.2, -0.15) is 0 Å². The summed E-state index contributed by atoms with van der Waals surface area (Å²) >= 11 is 0. The Morgan fingerprint density at radius 2 is 1.13 bits per heavy atom. The first kappa shape index (κ1) is 10.7. The summed E-state index contributed by atoms with van der Waals surface area (Å²) in [6.07, 6.45) is 0. The van der Waals surface area contributed by atoms with Crippen LogP contribution in [0.1, 0.15) is 0 Å². The fraction of sp³-hybridized carbons (Fsp3) is 0. The summed E-state index contributed by atoms with van der Waals surface area (Å²) in [7, 11) is 0. The van der Waals surface area contributed by atoms with Gasteiger partial charge in [0.2, 0.25) is 0 Å². The first-order chi connectivity index (χ1) is 6.93. The van der Waals surface area contributed by atoms with Crippen LogP contribution in [0, 0.1) is 6.07 Å². The number of rotatable bonds is 0. The van der Waals surface area contributed by atoms with Crippen molar-refractivity contribution in [3.63, 3.8) is 0 Å². The maximum atomic E-state index is 3.41. The molecule has 0 aliphatic carbocycles. The minimum atomic E-state index is 0. The SMILES string of the molecule is [Na+].[c-]1c2ccccc2cc2ccccc12. The standard InChI is InChI=1S/C14H9.Na/c1-2-6-12-10-14-8-4-3-7-13(14)9-11(12)5-1;/h1-9H;/q-1;+1. The molecule has 0 aliphatic heterocycles.